The highest BCUT2D eigenvalue weighted by Crippen LogP contribution is 2.19. The fourth-order valence-electron chi connectivity index (χ4n) is 3.01. The number of nitrogens with one attached hydrogen (secondary N) is 2. The number of hydrogen-bond donors (Lipinski definition) is 2. The molecule has 1 heterocycles. The van der Waals surface area contributed by atoms with Gasteiger partial charge in [0.25, 0.3) is 5.91 Å². The van der Waals surface area contributed by atoms with Crippen molar-refractivity contribution in [2.24, 2.45) is 0 Å². The van der Waals surface area contributed by atoms with E-state index in [1.54, 1.807) is 31.4 Å². The van der Waals surface area contributed by atoms with Crippen LogP contribution in [-0.2, 0) is 14.8 Å². The lowest BCUT2D eigenvalue weighted by Crippen LogP contribution is -3.15. The van der Waals surface area contributed by atoms with Gasteiger partial charge in [0.05, 0.1) is 38.2 Å². The predicted octanol–water partition coefficient (Wildman–Crippen LogP) is -0.109. The van der Waals surface area contributed by atoms with E-state index in [0.717, 1.165) is 30.7 Å². The number of methoxy groups -OCH3 is 1. The lowest BCUT2D eigenvalue weighted by molar-refractivity contribution is -0.895. The molecular weight excluding hydrogens is 354 g/mol. The molecule has 0 saturated carbocycles. The molecule has 1 aromatic rings. The number of benzene rings is 1. The molecular formula is C18H30N3O4S+. The van der Waals surface area contributed by atoms with E-state index < -0.39 is 10.0 Å². The van der Waals surface area contributed by atoms with Gasteiger partial charge in [-0.2, -0.15) is 4.31 Å². The van der Waals surface area contributed by atoms with Crippen LogP contribution in [0.1, 0.15) is 26.2 Å². The maximum Gasteiger partial charge on any atom is 0.275 e. The normalized spacial score (nSPS) is 16.4. The Morgan fingerprint density at radius 3 is 2.42 bits per heavy atom. The number of unbranched alkanes of at least 4 members (excludes halogenated alkanes) is 2. The van der Waals surface area contributed by atoms with Gasteiger partial charge in [0.1, 0.15) is 5.75 Å². The van der Waals surface area contributed by atoms with Crippen LogP contribution in [0.5, 0.6) is 5.75 Å². The maximum atomic E-state index is 12.7. The van der Waals surface area contributed by atoms with Gasteiger partial charge in [-0.15, -0.1) is 0 Å². The summed E-state index contributed by atoms with van der Waals surface area (Å²) in [5.74, 6) is 0.672. The fourth-order valence-corrected chi connectivity index (χ4v) is 4.45. The van der Waals surface area contributed by atoms with Crippen LogP contribution >= 0.6 is 0 Å². The Kier molecular flexibility index (Phi) is 7.86. The number of carbonyl (C=O) groups excluding carboxylic acids is 1. The van der Waals surface area contributed by atoms with Crippen LogP contribution in [0.15, 0.2) is 29.2 Å². The molecule has 0 bridgehead atoms. The first-order valence-corrected chi connectivity index (χ1v) is 10.7. The lowest BCUT2D eigenvalue weighted by atomic mass is 10.2. The second kappa shape index (κ2) is 9.89. The van der Waals surface area contributed by atoms with Gasteiger partial charge in [-0.1, -0.05) is 19.8 Å². The summed E-state index contributed by atoms with van der Waals surface area (Å²) in [5, 5.41) is 2.94. The first kappa shape index (κ1) is 20.7. The summed E-state index contributed by atoms with van der Waals surface area (Å²) >= 11 is 0. The van der Waals surface area contributed by atoms with E-state index in [2.05, 4.69) is 12.2 Å². The molecule has 2 N–H and O–H groups in total. The molecule has 1 aromatic carbocycles. The average Bonchev–Trinajstić information content (AvgIpc) is 2.66. The first-order chi connectivity index (χ1) is 12.5. The number of rotatable bonds is 9. The highest BCUT2D eigenvalue weighted by atomic mass is 32.2. The number of hydrogen-bond acceptors (Lipinski definition) is 4. The van der Waals surface area contributed by atoms with Crippen LogP contribution in [0, 0.1) is 0 Å². The van der Waals surface area contributed by atoms with Gasteiger partial charge < -0.3 is 15.0 Å². The molecule has 1 amide bonds. The van der Waals surface area contributed by atoms with Crippen molar-refractivity contribution < 1.29 is 22.8 Å². The van der Waals surface area contributed by atoms with Crippen molar-refractivity contribution in [1.29, 1.82) is 0 Å². The van der Waals surface area contributed by atoms with Crippen LogP contribution in [0.2, 0.25) is 0 Å². The molecule has 1 aliphatic rings. The smallest absolute Gasteiger partial charge is 0.275 e. The summed E-state index contributed by atoms with van der Waals surface area (Å²) in [6.45, 7) is 5.38. The monoisotopic (exact) mass is 384 g/mol. The molecule has 1 aliphatic heterocycles. The summed E-state index contributed by atoms with van der Waals surface area (Å²) < 4.78 is 32.0. The summed E-state index contributed by atoms with van der Waals surface area (Å²) in [5.41, 5.74) is 0. The van der Waals surface area contributed by atoms with Gasteiger partial charge in [-0.3, -0.25) is 4.79 Å². The zero-order chi connectivity index (χ0) is 19.0. The summed E-state index contributed by atoms with van der Waals surface area (Å²) in [7, 11) is -1.95. The van der Waals surface area contributed by atoms with Gasteiger partial charge in [-0.05, 0) is 30.7 Å². The van der Waals surface area contributed by atoms with Crippen molar-refractivity contribution in [2.45, 2.75) is 31.1 Å². The molecule has 1 saturated heterocycles. The first-order valence-electron chi connectivity index (χ1n) is 9.22. The van der Waals surface area contributed by atoms with Crippen molar-refractivity contribution >= 4 is 15.9 Å². The minimum Gasteiger partial charge on any atom is -0.497 e. The number of sulfonamides is 1. The van der Waals surface area contributed by atoms with Crippen LogP contribution in [0.4, 0.5) is 0 Å². The van der Waals surface area contributed by atoms with Crippen molar-refractivity contribution in [3.8, 4) is 5.75 Å². The molecule has 0 radical (unpaired) electrons. The highest BCUT2D eigenvalue weighted by molar-refractivity contribution is 7.89. The second-order valence-corrected chi connectivity index (χ2v) is 8.50. The number of carbonyl (C=O) groups is 1. The largest absolute Gasteiger partial charge is 0.497 e. The zero-order valence-electron chi connectivity index (χ0n) is 15.7. The third-order valence-electron chi connectivity index (χ3n) is 4.64. The number of nitrogens with zero attached hydrogens (tertiary/aromatic N) is 1. The topological polar surface area (TPSA) is 80.2 Å². The quantitative estimate of drug-likeness (QED) is 0.583. The number of amides is 1. The molecule has 0 atom stereocenters. The second-order valence-electron chi connectivity index (χ2n) is 6.56. The van der Waals surface area contributed by atoms with Crippen LogP contribution in [0.3, 0.4) is 0 Å². The Morgan fingerprint density at radius 1 is 1.19 bits per heavy atom. The summed E-state index contributed by atoms with van der Waals surface area (Å²) in [4.78, 5) is 13.4. The van der Waals surface area contributed by atoms with Gasteiger partial charge in [0.15, 0.2) is 6.54 Å². The van der Waals surface area contributed by atoms with E-state index in [4.69, 9.17) is 4.74 Å². The van der Waals surface area contributed by atoms with Gasteiger partial charge in [0.2, 0.25) is 10.0 Å². The van der Waals surface area contributed by atoms with Gasteiger partial charge in [0, 0.05) is 6.54 Å². The zero-order valence-corrected chi connectivity index (χ0v) is 16.5. The standard InChI is InChI=1S/C18H29N3O4S/c1-3-4-5-10-19-18(22)15-20-11-13-21(14-12-20)26(23,24)17-8-6-16(25-2)7-9-17/h6-9H,3-5,10-15H2,1-2H3,(H,19,22)/p+1. The predicted molar refractivity (Wildman–Crippen MR) is 99.9 cm³/mol. The number of piperazine rings is 1. The third-order valence-corrected chi connectivity index (χ3v) is 6.55. The Labute approximate surface area is 156 Å². The lowest BCUT2D eigenvalue weighted by Gasteiger charge is -2.31. The van der Waals surface area contributed by atoms with E-state index in [1.165, 1.54) is 4.31 Å². The average molecular weight is 385 g/mol. The van der Waals surface area contributed by atoms with E-state index >= 15 is 0 Å². The molecule has 146 valence electrons. The number of quaternary nitrogens is 1. The Bertz CT molecular complexity index is 668. The molecule has 26 heavy (non-hydrogen) atoms. The van der Waals surface area contributed by atoms with E-state index in [-0.39, 0.29) is 10.8 Å². The summed E-state index contributed by atoms with van der Waals surface area (Å²) in [6.07, 6.45) is 3.26. The molecule has 0 aromatic heterocycles. The highest BCUT2D eigenvalue weighted by Gasteiger charge is 2.31. The summed E-state index contributed by atoms with van der Waals surface area (Å²) in [6, 6.07) is 6.43. The van der Waals surface area contributed by atoms with Crippen molar-refractivity contribution in [1.82, 2.24) is 9.62 Å². The molecule has 1 fully saturated rings. The fraction of sp³-hybridized carbons (Fsp3) is 0.611. The minimum atomic E-state index is -3.50. The molecule has 0 spiro atoms. The Balaban J connectivity index is 1.82. The van der Waals surface area contributed by atoms with Crippen molar-refractivity contribution in [3.63, 3.8) is 0 Å². The molecule has 8 heteroatoms. The van der Waals surface area contributed by atoms with Gasteiger partial charge in [-0.25, -0.2) is 8.42 Å². The van der Waals surface area contributed by atoms with Crippen LogP contribution in [0.25, 0.3) is 0 Å². The van der Waals surface area contributed by atoms with Crippen LogP contribution in [-0.4, -0.2) is 65.0 Å². The third kappa shape index (κ3) is 5.69. The maximum absolute atomic E-state index is 12.7. The van der Waals surface area contributed by atoms with Crippen LogP contribution < -0.4 is 15.0 Å². The SMILES string of the molecule is CCCCCNC(=O)C[NH+]1CCN(S(=O)(=O)c2ccc(OC)cc2)CC1. The van der Waals surface area contributed by atoms with E-state index in [9.17, 15) is 13.2 Å². The van der Waals surface area contributed by atoms with Crippen molar-refractivity contribution in [2.75, 3.05) is 46.4 Å². The molecule has 2 rings (SSSR count). The molecule has 0 unspecified atom stereocenters. The molecule has 0 aliphatic carbocycles. The van der Waals surface area contributed by atoms with E-state index in [0.29, 0.717) is 38.5 Å². The Hall–Kier alpha value is -1.64. The minimum absolute atomic E-state index is 0.0440. The Morgan fingerprint density at radius 2 is 1.85 bits per heavy atom. The van der Waals surface area contributed by atoms with E-state index in [1.807, 2.05) is 0 Å². The van der Waals surface area contributed by atoms with Crippen molar-refractivity contribution in [3.05, 3.63) is 24.3 Å². The van der Waals surface area contributed by atoms with Gasteiger partial charge >= 0.3 is 0 Å². The number of ether oxygens (including phenoxy) is 1. The molecule has 7 nitrogen and oxygen atoms in total.